The summed E-state index contributed by atoms with van der Waals surface area (Å²) < 4.78 is 0. The molecule has 1 fully saturated rings. The van der Waals surface area contributed by atoms with E-state index in [2.05, 4.69) is 0 Å². The van der Waals surface area contributed by atoms with E-state index >= 15 is 0 Å². The van der Waals surface area contributed by atoms with Crippen molar-refractivity contribution in [2.45, 2.75) is 16.6 Å². The van der Waals surface area contributed by atoms with Crippen LogP contribution in [0.5, 0.6) is 0 Å². The van der Waals surface area contributed by atoms with E-state index < -0.39 is 17.1 Å². The maximum atomic E-state index is 12.7. The highest BCUT2D eigenvalue weighted by Crippen LogP contribution is 2.38. The Balaban J connectivity index is 1.88. The molecule has 0 aliphatic carbocycles. The molecule has 1 aliphatic rings. The third kappa shape index (κ3) is 3.51. The fourth-order valence-electron chi connectivity index (χ4n) is 2.51. The van der Waals surface area contributed by atoms with Gasteiger partial charge in [-0.05, 0) is 30.3 Å². The van der Waals surface area contributed by atoms with Gasteiger partial charge < -0.3 is 5.11 Å². The van der Waals surface area contributed by atoms with Gasteiger partial charge in [0.1, 0.15) is 0 Å². The van der Waals surface area contributed by atoms with Crippen LogP contribution in [0.3, 0.4) is 0 Å². The van der Waals surface area contributed by atoms with Crippen LogP contribution in [0.15, 0.2) is 47.4 Å². The maximum Gasteiger partial charge on any atom is 0.336 e. The van der Waals surface area contributed by atoms with E-state index in [4.69, 9.17) is 23.2 Å². The van der Waals surface area contributed by atoms with Crippen molar-refractivity contribution in [3.8, 4) is 0 Å². The summed E-state index contributed by atoms with van der Waals surface area (Å²) in [5.41, 5.74) is 0.367. The van der Waals surface area contributed by atoms with Crippen LogP contribution < -0.4 is 4.90 Å². The predicted octanol–water partition coefficient (Wildman–Crippen LogP) is 4.12. The third-order valence-electron chi connectivity index (χ3n) is 3.64. The summed E-state index contributed by atoms with van der Waals surface area (Å²) in [6.07, 6.45) is -0.0313. The van der Waals surface area contributed by atoms with Gasteiger partial charge in [-0.15, -0.1) is 11.8 Å². The van der Waals surface area contributed by atoms with Crippen molar-refractivity contribution in [3.05, 3.63) is 58.1 Å². The number of amides is 2. The van der Waals surface area contributed by atoms with Gasteiger partial charge in [-0.3, -0.25) is 9.59 Å². The molecular formula is C17H11Cl2NO4S. The first kappa shape index (κ1) is 17.8. The summed E-state index contributed by atoms with van der Waals surface area (Å²) in [6, 6.07) is 10.9. The molecule has 0 saturated carbocycles. The van der Waals surface area contributed by atoms with Crippen molar-refractivity contribution < 1.29 is 19.5 Å². The number of imide groups is 1. The lowest BCUT2D eigenvalue weighted by Crippen LogP contribution is -2.31. The highest BCUT2D eigenvalue weighted by molar-refractivity contribution is 8.00. The van der Waals surface area contributed by atoms with Crippen LogP contribution in [0, 0.1) is 0 Å². The fourth-order valence-corrected chi connectivity index (χ4v) is 4.18. The molecule has 5 nitrogen and oxygen atoms in total. The SMILES string of the molecule is O=C(O)c1ccccc1S[C@@H]1CC(=O)N(c2ccc(Cl)cc2Cl)C1=O. The Morgan fingerprint density at radius 1 is 1.16 bits per heavy atom. The minimum atomic E-state index is -1.09. The number of anilines is 1. The van der Waals surface area contributed by atoms with Crippen LogP contribution >= 0.6 is 35.0 Å². The summed E-state index contributed by atoms with van der Waals surface area (Å²) in [4.78, 5) is 37.8. The van der Waals surface area contributed by atoms with E-state index in [-0.39, 0.29) is 28.6 Å². The average Bonchev–Trinajstić information content (AvgIpc) is 2.82. The molecule has 128 valence electrons. The average molecular weight is 396 g/mol. The predicted molar refractivity (Wildman–Crippen MR) is 96.6 cm³/mol. The minimum absolute atomic E-state index is 0.0313. The smallest absolute Gasteiger partial charge is 0.336 e. The van der Waals surface area contributed by atoms with E-state index in [1.54, 1.807) is 24.3 Å². The number of nitrogens with zero attached hydrogens (tertiary/aromatic N) is 1. The second-order valence-corrected chi connectivity index (χ2v) is 7.36. The number of carboxylic acid groups (broad SMARTS) is 1. The molecule has 0 bridgehead atoms. The molecule has 1 aliphatic heterocycles. The second-order valence-electron chi connectivity index (χ2n) is 5.28. The number of benzene rings is 2. The number of hydrogen-bond donors (Lipinski definition) is 1. The maximum absolute atomic E-state index is 12.7. The minimum Gasteiger partial charge on any atom is -0.478 e. The van der Waals surface area contributed by atoms with E-state index in [1.807, 2.05) is 0 Å². The van der Waals surface area contributed by atoms with Gasteiger partial charge in [-0.25, -0.2) is 9.69 Å². The van der Waals surface area contributed by atoms with Gasteiger partial charge in [0.25, 0.3) is 0 Å². The fraction of sp³-hybridized carbons (Fsp3) is 0.118. The Labute approximate surface area is 157 Å². The molecule has 2 aromatic carbocycles. The molecule has 2 amide bonds. The molecule has 3 rings (SSSR count). The summed E-state index contributed by atoms with van der Waals surface area (Å²) in [6.45, 7) is 0. The molecule has 1 saturated heterocycles. The number of carboxylic acids is 1. The van der Waals surface area contributed by atoms with Crippen LogP contribution in [0.2, 0.25) is 10.0 Å². The topological polar surface area (TPSA) is 74.7 Å². The van der Waals surface area contributed by atoms with E-state index in [0.29, 0.717) is 9.92 Å². The molecule has 0 unspecified atom stereocenters. The molecule has 0 spiro atoms. The monoisotopic (exact) mass is 395 g/mol. The van der Waals surface area contributed by atoms with Crippen molar-refractivity contribution in [1.29, 1.82) is 0 Å². The Hall–Kier alpha value is -2.02. The van der Waals surface area contributed by atoms with Crippen molar-refractivity contribution in [2.24, 2.45) is 0 Å². The van der Waals surface area contributed by atoms with E-state index in [1.165, 1.54) is 18.2 Å². The molecule has 8 heteroatoms. The molecule has 25 heavy (non-hydrogen) atoms. The summed E-state index contributed by atoms with van der Waals surface area (Å²) in [5.74, 6) is -1.91. The third-order valence-corrected chi connectivity index (χ3v) is 5.44. The highest BCUT2D eigenvalue weighted by Gasteiger charge is 2.41. The van der Waals surface area contributed by atoms with Crippen molar-refractivity contribution >= 4 is 58.4 Å². The molecule has 2 aromatic rings. The van der Waals surface area contributed by atoms with Crippen molar-refractivity contribution in [2.75, 3.05) is 4.90 Å². The Morgan fingerprint density at radius 2 is 1.88 bits per heavy atom. The van der Waals surface area contributed by atoms with Crippen LogP contribution in [-0.2, 0) is 9.59 Å². The lowest BCUT2D eigenvalue weighted by atomic mass is 10.2. The second kappa shape index (κ2) is 7.07. The summed E-state index contributed by atoms with van der Waals surface area (Å²) >= 11 is 13.0. The van der Waals surface area contributed by atoms with Gasteiger partial charge in [-0.2, -0.15) is 0 Å². The molecule has 0 radical (unpaired) electrons. The van der Waals surface area contributed by atoms with Gasteiger partial charge in [-0.1, -0.05) is 35.3 Å². The number of rotatable bonds is 4. The number of aromatic carboxylic acids is 1. The number of thioether (sulfide) groups is 1. The number of halogens is 2. The normalized spacial score (nSPS) is 17.2. The van der Waals surface area contributed by atoms with Crippen LogP contribution in [-0.4, -0.2) is 28.1 Å². The summed E-state index contributed by atoms with van der Waals surface area (Å²) in [7, 11) is 0. The van der Waals surface area contributed by atoms with Crippen molar-refractivity contribution in [3.63, 3.8) is 0 Å². The van der Waals surface area contributed by atoms with Crippen LogP contribution in [0.1, 0.15) is 16.8 Å². The van der Waals surface area contributed by atoms with Crippen LogP contribution in [0.4, 0.5) is 5.69 Å². The van der Waals surface area contributed by atoms with Gasteiger partial charge in [0.2, 0.25) is 11.8 Å². The van der Waals surface area contributed by atoms with Crippen LogP contribution in [0.25, 0.3) is 0 Å². The van der Waals surface area contributed by atoms with E-state index in [0.717, 1.165) is 16.7 Å². The Kier molecular flexibility index (Phi) is 5.03. The van der Waals surface area contributed by atoms with Gasteiger partial charge in [0.05, 0.1) is 21.5 Å². The number of carbonyl (C=O) groups excluding carboxylic acids is 2. The van der Waals surface area contributed by atoms with Gasteiger partial charge in [0, 0.05) is 16.3 Å². The molecule has 1 N–H and O–H groups in total. The van der Waals surface area contributed by atoms with Gasteiger partial charge >= 0.3 is 5.97 Å². The van der Waals surface area contributed by atoms with Gasteiger partial charge in [0.15, 0.2) is 0 Å². The standard InChI is InChI=1S/C17H11Cl2NO4S/c18-9-5-6-12(11(19)7-9)20-15(21)8-14(16(20)22)25-13-4-2-1-3-10(13)17(23)24/h1-7,14H,8H2,(H,23,24)/t14-/m1/s1. The van der Waals surface area contributed by atoms with Crippen molar-refractivity contribution in [1.82, 2.24) is 0 Å². The number of hydrogen-bond acceptors (Lipinski definition) is 4. The Bertz CT molecular complexity index is 887. The molecule has 1 heterocycles. The highest BCUT2D eigenvalue weighted by atomic mass is 35.5. The zero-order valence-electron chi connectivity index (χ0n) is 12.6. The molecular weight excluding hydrogens is 385 g/mol. The lowest BCUT2D eigenvalue weighted by molar-refractivity contribution is -0.121. The largest absolute Gasteiger partial charge is 0.478 e. The quantitative estimate of drug-likeness (QED) is 0.788. The lowest BCUT2D eigenvalue weighted by Gasteiger charge is -2.16. The summed E-state index contributed by atoms with van der Waals surface area (Å²) in [5, 5.41) is 9.13. The zero-order valence-corrected chi connectivity index (χ0v) is 14.9. The Morgan fingerprint density at radius 3 is 2.56 bits per heavy atom. The first-order chi connectivity index (χ1) is 11.9. The first-order valence-electron chi connectivity index (χ1n) is 7.19. The number of carbonyl (C=O) groups is 3. The molecule has 0 aromatic heterocycles. The molecule has 1 atom stereocenters. The first-order valence-corrected chi connectivity index (χ1v) is 8.83. The zero-order chi connectivity index (χ0) is 18.1. The van der Waals surface area contributed by atoms with E-state index in [9.17, 15) is 19.5 Å².